The van der Waals surface area contributed by atoms with Gasteiger partial charge in [-0.15, -0.1) is 0 Å². The second-order valence-electron chi connectivity index (χ2n) is 5.53. The molecule has 2 rings (SSSR count). The van der Waals surface area contributed by atoms with Crippen LogP contribution in [-0.2, 0) is 0 Å². The van der Waals surface area contributed by atoms with Gasteiger partial charge < -0.3 is 15.3 Å². The summed E-state index contributed by atoms with van der Waals surface area (Å²) < 4.78 is 0. The third-order valence-corrected chi connectivity index (χ3v) is 3.92. The van der Waals surface area contributed by atoms with Crippen molar-refractivity contribution < 1.29 is 5.11 Å². The lowest BCUT2D eigenvalue weighted by Crippen LogP contribution is -2.32. The number of phenols is 1. The number of hydrogen-bond donors (Lipinski definition) is 2. The fourth-order valence-electron chi connectivity index (χ4n) is 2.72. The molecule has 1 aliphatic rings. The Morgan fingerprint density at radius 2 is 2.05 bits per heavy atom. The Kier molecular flexibility index (Phi) is 5.67. The minimum absolute atomic E-state index is 0.299. The molecule has 0 bridgehead atoms. The van der Waals surface area contributed by atoms with Crippen LogP contribution in [0.1, 0.15) is 44.2 Å². The van der Waals surface area contributed by atoms with E-state index in [4.69, 9.17) is 0 Å². The molecule has 0 radical (unpaired) electrons. The van der Waals surface area contributed by atoms with Crippen molar-refractivity contribution in [3.63, 3.8) is 0 Å². The first-order valence-electron chi connectivity index (χ1n) is 7.50. The molecule has 1 heterocycles. The number of rotatable bonds is 6. The van der Waals surface area contributed by atoms with Crippen LogP contribution < -0.4 is 5.32 Å². The van der Waals surface area contributed by atoms with Crippen LogP contribution in [0.3, 0.4) is 0 Å². The molecule has 106 valence electrons. The predicted molar refractivity (Wildman–Crippen MR) is 79.4 cm³/mol. The lowest BCUT2D eigenvalue weighted by molar-refractivity contribution is 0.225. The first-order chi connectivity index (χ1) is 9.25. The second kappa shape index (κ2) is 7.51. The number of nitrogens with zero attached hydrogens (tertiary/aromatic N) is 1. The van der Waals surface area contributed by atoms with E-state index in [1.807, 2.05) is 12.1 Å². The fraction of sp³-hybridized carbons (Fsp3) is 0.625. The summed E-state index contributed by atoms with van der Waals surface area (Å²) in [5.74, 6) is 0.347. The van der Waals surface area contributed by atoms with Gasteiger partial charge in [0, 0.05) is 6.04 Å². The molecule has 1 fully saturated rings. The molecule has 1 aromatic rings. The average Bonchev–Trinajstić information content (AvgIpc) is 2.44. The molecule has 0 amide bonds. The van der Waals surface area contributed by atoms with Gasteiger partial charge in [-0.2, -0.15) is 0 Å². The van der Waals surface area contributed by atoms with Crippen LogP contribution in [-0.4, -0.2) is 36.2 Å². The maximum absolute atomic E-state index is 9.47. The van der Waals surface area contributed by atoms with Gasteiger partial charge in [0.25, 0.3) is 0 Å². The standard InChI is InChI=1S/C16H26N2O/c1-14(15-7-5-8-16(19)13-15)17-9-6-12-18-10-3-2-4-11-18/h5,7-8,13-14,17,19H,2-4,6,9-12H2,1H3. The highest BCUT2D eigenvalue weighted by Crippen LogP contribution is 2.17. The molecule has 0 aromatic heterocycles. The highest BCUT2D eigenvalue weighted by molar-refractivity contribution is 5.28. The van der Waals surface area contributed by atoms with E-state index in [-0.39, 0.29) is 0 Å². The lowest BCUT2D eigenvalue weighted by Gasteiger charge is -2.26. The Balaban J connectivity index is 1.64. The summed E-state index contributed by atoms with van der Waals surface area (Å²) in [4.78, 5) is 2.57. The number of likely N-dealkylation sites (tertiary alicyclic amines) is 1. The molecule has 3 nitrogen and oxygen atoms in total. The van der Waals surface area contributed by atoms with Gasteiger partial charge in [0.1, 0.15) is 5.75 Å². The average molecular weight is 262 g/mol. The monoisotopic (exact) mass is 262 g/mol. The van der Waals surface area contributed by atoms with Gasteiger partial charge in [-0.1, -0.05) is 18.6 Å². The SMILES string of the molecule is CC(NCCCN1CCCCC1)c1cccc(O)c1. The molecule has 1 aliphatic heterocycles. The molecule has 1 atom stereocenters. The smallest absolute Gasteiger partial charge is 0.115 e. The normalized spacial score (nSPS) is 18.4. The van der Waals surface area contributed by atoms with Gasteiger partial charge in [0.05, 0.1) is 0 Å². The largest absolute Gasteiger partial charge is 0.508 e. The quantitative estimate of drug-likeness (QED) is 0.774. The zero-order valence-corrected chi connectivity index (χ0v) is 11.9. The number of nitrogens with one attached hydrogen (secondary N) is 1. The van der Waals surface area contributed by atoms with Gasteiger partial charge in [-0.3, -0.25) is 0 Å². The van der Waals surface area contributed by atoms with Crippen LogP contribution >= 0.6 is 0 Å². The summed E-state index contributed by atoms with van der Waals surface area (Å²) in [6.07, 6.45) is 5.34. The van der Waals surface area contributed by atoms with Crippen molar-refractivity contribution in [2.75, 3.05) is 26.2 Å². The summed E-state index contributed by atoms with van der Waals surface area (Å²) >= 11 is 0. The molecule has 0 aliphatic carbocycles. The van der Waals surface area contributed by atoms with E-state index in [0.29, 0.717) is 11.8 Å². The Bertz CT molecular complexity index is 375. The lowest BCUT2D eigenvalue weighted by atomic mass is 10.1. The summed E-state index contributed by atoms with van der Waals surface area (Å²) in [6, 6.07) is 7.81. The number of piperidine rings is 1. The van der Waals surface area contributed by atoms with E-state index < -0.39 is 0 Å². The number of phenolic OH excluding ortho intramolecular Hbond substituents is 1. The van der Waals surface area contributed by atoms with Crippen LogP contribution in [0, 0.1) is 0 Å². The van der Waals surface area contributed by atoms with E-state index in [2.05, 4.69) is 23.2 Å². The van der Waals surface area contributed by atoms with Crippen molar-refractivity contribution >= 4 is 0 Å². The number of hydrogen-bond acceptors (Lipinski definition) is 3. The molecule has 1 saturated heterocycles. The Morgan fingerprint density at radius 3 is 2.79 bits per heavy atom. The minimum Gasteiger partial charge on any atom is -0.508 e. The van der Waals surface area contributed by atoms with Crippen LogP contribution in [0.5, 0.6) is 5.75 Å². The maximum atomic E-state index is 9.47. The third kappa shape index (κ3) is 4.84. The van der Waals surface area contributed by atoms with E-state index in [9.17, 15) is 5.11 Å². The highest BCUT2D eigenvalue weighted by atomic mass is 16.3. The molecule has 1 aromatic carbocycles. The minimum atomic E-state index is 0.299. The van der Waals surface area contributed by atoms with E-state index in [1.165, 1.54) is 45.3 Å². The van der Waals surface area contributed by atoms with Crippen molar-refractivity contribution in [2.24, 2.45) is 0 Å². The van der Waals surface area contributed by atoms with E-state index in [0.717, 1.165) is 12.1 Å². The van der Waals surface area contributed by atoms with Gasteiger partial charge in [0.2, 0.25) is 0 Å². The van der Waals surface area contributed by atoms with Crippen LogP contribution in [0.15, 0.2) is 24.3 Å². The molecule has 3 heteroatoms. The molecular formula is C16H26N2O. The fourth-order valence-corrected chi connectivity index (χ4v) is 2.72. The molecule has 0 saturated carbocycles. The topological polar surface area (TPSA) is 35.5 Å². The van der Waals surface area contributed by atoms with Gasteiger partial charge >= 0.3 is 0 Å². The summed E-state index contributed by atoms with van der Waals surface area (Å²) in [6.45, 7) is 6.95. The molecule has 2 N–H and O–H groups in total. The zero-order valence-electron chi connectivity index (χ0n) is 11.9. The predicted octanol–water partition coefficient (Wildman–Crippen LogP) is 2.92. The van der Waals surface area contributed by atoms with Crippen LogP contribution in [0.4, 0.5) is 0 Å². The number of aromatic hydroxyl groups is 1. The molecule has 0 spiro atoms. The summed E-state index contributed by atoms with van der Waals surface area (Å²) in [5.41, 5.74) is 1.15. The van der Waals surface area contributed by atoms with Crippen molar-refractivity contribution in [1.29, 1.82) is 0 Å². The highest BCUT2D eigenvalue weighted by Gasteiger charge is 2.09. The Morgan fingerprint density at radius 1 is 1.26 bits per heavy atom. The van der Waals surface area contributed by atoms with Gasteiger partial charge in [-0.05, 0) is 70.1 Å². The summed E-state index contributed by atoms with van der Waals surface area (Å²) in [7, 11) is 0. The Labute approximate surface area is 116 Å². The van der Waals surface area contributed by atoms with Gasteiger partial charge in [0.15, 0.2) is 0 Å². The first-order valence-corrected chi connectivity index (χ1v) is 7.50. The third-order valence-electron chi connectivity index (χ3n) is 3.92. The van der Waals surface area contributed by atoms with Crippen LogP contribution in [0.2, 0.25) is 0 Å². The number of benzene rings is 1. The zero-order chi connectivity index (χ0) is 13.5. The molecule has 19 heavy (non-hydrogen) atoms. The first kappa shape index (κ1) is 14.4. The van der Waals surface area contributed by atoms with E-state index in [1.54, 1.807) is 6.07 Å². The van der Waals surface area contributed by atoms with Crippen molar-refractivity contribution in [3.8, 4) is 5.75 Å². The van der Waals surface area contributed by atoms with Crippen molar-refractivity contribution in [2.45, 2.75) is 38.6 Å². The molecular weight excluding hydrogens is 236 g/mol. The summed E-state index contributed by atoms with van der Waals surface area (Å²) in [5, 5.41) is 13.0. The maximum Gasteiger partial charge on any atom is 0.115 e. The Hall–Kier alpha value is -1.06. The van der Waals surface area contributed by atoms with Crippen molar-refractivity contribution in [1.82, 2.24) is 10.2 Å². The second-order valence-corrected chi connectivity index (χ2v) is 5.53. The molecule has 1 unspecified atom stereocenters. The van der Waals surface area contributed by atoms with E-state index >= 15 is 0 Å². The van der Waals surface area contributed by atoms with Crippen molar-refractivity contribution in [3.05, 3.63) is 29.8 Å². The van der Waals surface area contributed by atoms with Crippen LogP contribution in [0.25, 0.3) is 0 Å². The van der Waals surface area contributed by atoms with Gasteiger partial charge in [-0.25, -0.2) is 0 Å².